The van der Waals surface area contributed by atoms with Gasteiger partial charge >= 0.3 is 6.09 Å². The Kier molecular flexibility index (Phi) is 9.64. The van der Waals surface area contributed by atoms with E-state index in [1.165, 1.54) is 16.0 Å². The second-order valence-corrected chi connectivity index (χ2v) is 10.2. The number of halogens is 1. The van der Waals surface area contributed by atoms with Gasteiger partial charge in [0.05, 0.1) is 0 Å². The van der Waals surface area contributed by atoms with E-state index in [0.717, 1.165) is 34.2 Å². The molecule has 0 aliphatic heterocycles. The highest BCUT2D eigenvalue weighted by Crippen LogP contribution is 2.22. The topological polar surface area (TPSA) is 58.6 Å². The van der Waals surface area contributed by atoms with Crippen LogP contribution < -0.4 is 5.32 Å². The molecule has 0 bridgehead atoms. The molecule has 2 aromatic rings. The van der Waals surface area contributed by atoms with E-state index >= 15 is 0 Å². The van der Waals surface area contributed by atoms with Gasteiger partial charge < -0.3 is 15.0 Å². The van der Waals surface area contributed by atoms with Crippen LogP contribution in [-0.2, 0) is 28.9 Å². The van der Waals surface area contributed by atoms with Crippen molar-refractivity contribution in [3.05, 3.63) is 57.6 Å². The number of benzene rings is 2. The summed E-state index contributed by atoms with van der Waals surface area (Å²) in [5.41, 5.74) is 3.57. The number of amides is 2. The minimum absolute atomic E-state index is 0.0291. The van der Waals surface area contributed by atoms with Gasteiger partial charge in [0.25, 0.3) is 0 Å². The van der Waals surface area contributed by atoms with Crippen LogP contribution in [0.1, 0.15) is 57.2 Å². The lowest BCUT2D eigenvalue weighted by atomic mass is 10.00. The Balaban J connectivity index is 1.93. The summed E-state index contributed by atoms with van der Waals surface area (Å²) in [7, 11) is 1.68. The zero-order valence-corrected chi connectivity index (χ0v) is 22.0. The summed E-state index contributed by atoms with van der Waals surface area (Å²) in [4.78, 5) is 27.0. The molecule has 174 valence electrons. The third-order valence-corrected chi connectivity index (χ3v) is 5.80. The highest BCUT2D eigenvalue weighted by Gasteiger charge is 2.20. The van der Waals surface area contributed by atoms with Gasteiger partial charge in [-0.15, -0.1) is 12.6 Å². The normalized spacial score (nSPS) is 11.2. The number of carbonyl (C=O) groups excluding carboxylic acids is 2. The standard InChI is InChI=1S/C25H33BrN2O3S/c1-6-17-14-20(26)11-10-18(17)8-7-9-23(29)27-21-12-13-22(32)19(15-21)16-28(5)24(30)31-25(2,3)4/h10-15,32H,6-9,16H2,1-5H3,(H,27,29). The molecule has 0 spiro atoms. The molecule has 2 aromatic carbocycles. The van der Waals surface area contributed by atoms with E-state index in [4.69, 9.17) is 4.74 Å². The molecule has 0 unspecified atom stereocenters. The Morgan fingerprint density at radius 2 is 1.81 bits per heavy atom. The van der Waals surface area contributed by atoms with Crippen molar-refractivity contribution in [2.24, 2.45) is 0 Å². The quantitative estimate of drug-likeness (QED) is 0.384. The number of hydrogen-bond donors (Lipinski definition) is 2. The van der Waals surface area contributed by atoms with Crippen molar-refractivity contribution in [2.45, 2.75) is 70.4 Å². The molecule has 0 saturated heterocycles. The number of thiol groups is 1. The van der Waals surface area contributed by atoms with Crippen LogP contribution in [0.2, 0.25) is 0 Å². The molecule has 5 nitrogen and oxygen atoms in total. The average Bonchev–Trinajstić information content (AvgIpc) is 2.70. The van der Waals surface area contributed by atoms with Gasteiger partial charge in [0.2, 0.25) is 5.91 Å². The Bertz CT molecular complexity index is 957. The molecular weight excluding hydrogens is 488 g/mol. The van der Waals surface area contributed by atoms with Crippen molar-refractivity contribution >= 4 is 46.2 Å². The fourth-order valence-corrected chi connectivity index (χ4v) is 3.90. The van der Waals surface area contributed by atoms with E-state index in [1.807, 2.05) is 45.0 Å². The molecule has 0 aliphatic carbocycles. The fraction of sp³-hybridized carbons (Fsp3) is 0.440. The molecule has 1 N–H and O–H groups in total. The van der Waals surface area contributed by atoms with Gasteiger partial charge in [-0.05, 0) is 87.1 Å². The van der Waals surface area contributed by atoms with Crippen LogP contribution in [0.5, 0.6) is 0 Å². The number of anilines is 1. The highest BCUT2D eigenvalue weighted by molar-refractivity contribution is 9.10. The lowest BCUT2D eigenvalue weighted by Gasteiger charge is -2.25. The van der Waals surface area contributed by atoms with Crippen LogP contribution >= 0.6 is 28.6 Å². The third kappa shape index (κ3) is 8.51. The summed E-state index contributed by atoms with van der Waals surface area (Å²) in [6.07, 6.45) is 2.65. The second-order valence-electron chi connectivity index (χ2n) is 8.85. The minimum atomic E-state index is -0.556. The summed E-state index contributed by atoms with van der Waals surface area (Å²) in [5.74, 6) is -0.0291. The molecule has 7 heteroatoms. The summed E-state index contributed by atoms with van der Waals surface area (Å²) in [6.45, 7) is 7.97. The van der Waals surface area contributed by atoms with Crippen molar-refractivity contribution in [3.63, 3.8) is 0 Å². The number of aryl methyl sites for hydroxylation is 2. The number of carbonyl (C=O) groups is 2. The van der Waals surface area contributed by atoms with Gasteiger partial charge in [-0.2, -0.15) is 0 Å². The summed E-state index contributed by atoms with van der Waals surface area (Å²) < 4.78 is 6.48. The second kappa shape index (κ2) is 11.8. The van der Waals surface area contributed by atoms with Crippen LogP contribution in [-0.4, -0.2) is 29.5 Å². The Hall–Kier alpha value is -1.99. The Labute approximate surface area is 205 Å². The van der Waals surface area contributed by atoms with Crippen LogP contribution in [0.15, 0.2) is 45.8 Å². The monoisotopic (exact) mass is 520 g/mol. The van der Waals surface area contributed by atoms with Gasteiger partial charge in [0, 0.05) is 35.1 Å². The SMILES string of the molecule is CCc1cc(Br)ccc1CCCC(=O)Nc1ccc(S)c(CN(C)C(=O)OC(C)(C)C)c1. The zero-order valence-electron chi connectivity index (χ0n) is 19.5. The van der Waals surface area contributed by atoms with E-state index in [-0.39, 0.29) is 5.91 Å². The van der Waals surface area contributed by atoms with Crippen LogP contribution in [0.25, 0.3) is 0 Å². The van der Waals surface area contributed by atoms with Crippen LogP contribution in [0, 0.1) is 0 Å². The molecule has 0 saturated carbocycles. The number of hydrogen-bond acceptors (Lipinski definition) is 4. The molecule has 0 atom stereocenters. The number of nitrogens with one attached hydrogen (secondary N) is 1. The third-order valence-electron chi connectivity index (χ3n) is 4.88. The molecule has 0 aliphatic rings. The van der Waals surface area contributed by atoms with E-state index in [1.54, 1.807) is 7.05 Å². The van der Waals surface area contributed by atoms with E-state index in [2.05, 4.69) is 52.9 Å². The summed E-state index contributed by atoms with van der Waals surface area (Å²) in [5, 5.41) is 2.96. The Morgan fingerprint density at radius 1 is 1.09 bits per heavy atom. The molecule has 0 aromatic heterocycles. The number of rotatable bonds is 8. The largest absolute Gasteiger partial charge is 0.444 e. The highest BCUT2D eigenvalue weighted by atomic mass is 79.9. The smallest absolute Gasteiger partial charge is 0.410 e. The molecule has 2 amide bonds. The lowest BCUT2D eigenvalue weighted by molar-refractivity contribution is -0.116. The molecule has 0 fully saturated rings. The first-order valence-corrected chi connectivity index (χ1v) is 12.1. The van der Waals surface area contributed by atoms with Gasteiger partial charge in [-0.1, -0.05) is 28.9 Å². The molecule has 32 heavy (non-hydrogen) atoms. The number of nitrogens with zero attached hydrogens (tertiary/aromatic N) is 1. The first kappa shape index (κ1) is 26.3. The van der Waals surface area contributed by atoms with E-state index in [0.29, 0.717) is 18.7 Å². The van der Waals surface area contributed by atoms with Crippen LogP contribution in [0.3, 0.4) is 0 Å². The van der Waals surface area contributed by atoms with E-state index < -0.39 is 11.7 Å². The van der Waals surface area contributed by atoms with Crippen LogP contribution in [0.4, 0.5) is 10.5 Å². The summed E-state index contributed by atoms with van der Waals surface area (Å²) in [6, 6.07) is 11.8. The van der Waals surface area contributed by atoms with Crippen molar-refractivity contribution < 1.29 is 14.3 Å². The van der Waals surface area contributed by atoms with Gasteiger partial charge in [-0.25, -0.2) is 4.79 Å². The molecule has 0 radical (unpaired) electrons. The van der Waals surface area contributed by atoms with Gasteiger partial charge in [-0.3, -0.25) is 4.79 Å². The predicted octanol–water partition coefficient (Wildman–Crippen LogP) is 6.63. The fourth-order valence-electron chi connectivity index (χ4n) is 3.28. The van der Waals surface area contributed by atoms with E-state index in [9.17, 15) is 9.59 Å². The maximum Gasteiger partial charge on any atom is 0.410 e. The summed E-state index contributed by atoms with van der Waals surface area (Å²) >= 11 is 8.01. The first-order valence-electron chi connectivity index (χ1n) is 10.8. The van der Waals surface area contributed by atoms with Crippen molar-refractivity contribution in [3.8, 4) is 0 Å². The predicted molar refractivity (Wildman–Crippen MR) is 136 cm³/mol. The maximum absolute atomic E-state index is 12.5. The van der Waals surface area contributed by atoms with Gasteiger partial charge in [0.1, 0.15) is 5.60 Å². The average molecular weight is 522 g/mol. The number of ether oxygens (including phenoxy) is 1. The first-order chi connectivity index (χ1) is 15.0. The van der Waals surface area contributed by atoms with Crippen molar-refractivity contribution in [2.75, 3.05) is 12.4 Å². The maximum atomic E-state index is 12.5. The van der Waals surface area contributed by atoms with Crippen molar-refractivity contribution in [1.82, 2.24) is 4.90 Å². The lowest BCUT2D eigenvalue weighted by Crippen LogP contribution is -2.33. The minimum Gasteiger partial charge on any atom is -0.444 e. The molecule has 0 heterocycles. The van der Waals surface area contributed by atoms with Gasteiger partial charge in [0.15, 0.2) is 0 Å². The molecular formula is C25H33BrN2O3S. The zero-order chi connectivity index (χ0) is 23.9. The molecule has 2 rings (SSSR count). The Morgan fingerprint density at radius 3 is 2.47 bits per heavy atom. The van der Waals surface area contributed by atoms with Crippen molar-refractivity contribution in [1.29, 1.82) is 0 Å².